The number of amides is 1. The standard InChI is InChI=1S/C18H20N4O2/c1-12(2)18-19-15-5-3-4-6-16(15)22(18)10-17(23)21-8-7-14-13(9-21)11-24-20-14/h3-6,11-12H,7-10H2,1-2H3. The van der Waals surface area contributed by atoms with Gasteiger partial charge < -0.3 is 14.0 Å². The smallest absolute Gasteiger partial charge is 0.242 e. The van der Waals surface area contributed by atoms with Gasteiger partial charge in [-0.1, -0.05) is 31.1 Å². The molecule has 24 heavy (non-hydrogen) atoms. The van der Waals surface area contributed by atoms with Crippen LogP contribution in [0.1, 0.15) is 36.8 Å². The first-order valence-corrected chi connectivity index (χ1v) is 8.28. The fraction of sp³-hybridized carbons (Fsp3) is 0.389. The molecule has 0 atom stereocenters. The first kappa shape index (κ1) is 14.9. The lowest BCUT2D eigenvalue weighted by Crippen LogP contribution is -2.38. The summed E-state index contributed by atoms with van der Waals surface area (Å²) < 4.78 is 7.05. The zero-order valence-corrected chi connectivity index (χ0v) is 13.9. The van der Waals surface area contributed by atoms with Gasteiger partial charge in [-0.15, -0.1) is 0 Å². The maximum atomic E-state index is 12.8. The van der Waals surface area contributed by atoms with E-state index in [1.807, 2.05) is 33.7 Å². The summed E-state index contributed by atoms with van der Waals surface area (Å²) >= 11 is 0. The van der Waals surface area contributed by atoms with E-state index in [4.69, 9.17) is 9.51 Å². The summed E-state index contributed by atoms with van der Waals surface area (Å²) in [6.45, 7) is 5.77. The van der Waals surface area contributed by atoms with Gasteiger partial charge in [0.25, 0.3) is 0 Å². The molecule has 0 aliphatic carbocycles. The minimum Gasteiger partial charge on any atom is -0.364 e. The second kappa shape index (κ2) is 5.78. The zero-order chi connectivity index (χ0) is 16.7. The average molecular weight is 324 g/mol. The number of nitrogens with zero attached hydrogens (tertiary/aromatic N) is 4. The van der Waals surface area contributed by atoms with Crippen molar-refractivity contribution >= 4 is 16.9 Å². The Morgan fingerprint density at radius 3 is 3.00 bits per heavy atom. The molecular formula is C18H20N4O2. The number of para-hydroxylation sites is 2. The first-order chi connectivity index (χ1) is 11.6. The highest BCUT2D eigenvalue weighted by Crippen LogP contribution is 2.23. The molecule has 0 bridgehead atoms. The Balaban J connectivity index is 1.62. The summed E-state index contributed by atoms with van der Waals surface area (Å²) in [5.74, 6) is 1.32. The number of rotatable bonds is 3. The fourth-order valence-corrected chi connectivity index (χ4v) is 3.29. The third kappa shape index (κ3) is 2.48. The molecule has 0 unspecified atom stereocenters. The zero-order valence-electron chi connectivity index (χ0n) is 13.9. The Labute approximate surface area is 140 Å². The molecule has 1 aromatic carbocycles. The maximum absolute atomic E-state index is 12.8. The molecule has 4 rings (SSSR count). The van der Waals surface area contributed by atoms with E-state index < -0.39 is 0 Å². The molecule has 0 spiro atoms. The molecule has 2 aromatic heterocycles. The molecule has 124 valence electrons. The SMILES string of the molecule is CC(C)c1nc2ccccc2n1CC(=O)N1CCc2nocc2C1. The topological polar surface area (TPSA) is 64.2 Å². The number of hydrogen-bond acceptors (Lipinski definition) is 4. The van der Waals surface area contributed by atoms with Crippen LogP contribution in [0.15, 0.2) is 35.1 Å². The van der Waals surface area contributed by atoms with Gasteiger partial charge in [0.05, 0.1) is 23.3 Å². The molecule has 1 aliphatic rings. The molecule has 0 radical (unpaired) electrons. The lowest BCUT2D eigenvalue weighted by Gasteiger charge is -2.26. The van der Waals surface area contributed by atoms with Gasteiger partial charge in [0.15, 0.2) is 0 Å². The number of carbonyl (C=O) groups excluding carboxylic acids is 1. The second-order valence-electron chi connectivity index (χ2n) is 6.55. The van der Waals surface area contributed by atoms with Crippen LogP contribution < -0.4 is 0 Å². The summed E-state index contributed by atoms with van der Waals surface area (Å²) in [5.41, 5.74) is 3.93. The number of imidazole rings is 1. The van der Waals surface area contributed by atoms with E-state index in [0.29, 0.717) is 19.6 Å². The molecule has 6 nitrogen and oxygen atoms in total. The van der Waals surface area contributed by atoms with Crippen molar-refractivity contribution in [3.63, 3.8) is 0 Å². The number of aromatic nitrogens is 3. The Morgan fingerprint density at radius 1 is 1.33 bits per heavy atom. The highest BCUT2D eigenvalue weighted by atomic mass is 16.5. The Kier molecular flexibility index (Phi) is 3.59. The molecule has 1 aliphatic heterocycles. The van der Waals surface area contributed by atoms with Crippen LogP contribution in [0.25, 0.3) is 11.0 Å². The van der Waals surface area contributed by atoms with Crippen LogP contribution in [0.5, 0.6) is 0 Å². The molecule has 6 heteroatoms. The van der Waals surface area contributed by atoms with Gasteiger partial charge in [0, 0.05) is 24.4 Å². The molecule has 0 saturated carbocycles. The molecule has 0 N–H and O–H groups in total. The minimum atomic E-state index is 0.104. The van der Waals surface area contributed by atoms with Crippen LogP contribution in [0.4, 0.5) is 0 Å². The van der Waals surface area contributed by atoms with Crippen LogP contribution in [0.2, 0.25) is 0 Å². The molecule has 0 saturated heterocycles. The monoisotopic (exact) mass is 324 g/mol. The van der Waals surface area contributed by atoms with Crippen LogP contribution in [-0.2, 0) is 24.3 Å². The van der Waals surface area contributed by atoms with E-state index in [9.17, 15) is 4.79 Å². The Hall–Kier alpha value is -2.63. The molecule has 3 aromatic rings. The lowest BCUT2D eigenvalue weighted by molar-refractivity contribution is -0.132. The van der Waals surface area contributed by atoms with Gasteiger partial charge in [0.1, 0.15) is 18.6 Å². The normalized spacial score (nSPS) is 14.4. The van der Waals surface area contributed by atoms with Crippen molar-refractivity contribution in [2.24, 2.45) is 0 Å². The molecule has 3 heterocycles. The summed E-state index contributed by atoms with van der Waals surface area (Å²) in [6, 6.07) is 7.98. The first-order valence-electron chi connectivity index (χ1n) is 8.28. The molecular weight excluding hydrogens is 304 g/mol. The van der Waals surface area contributed by atoms with Crippen LogP contribution in [-0.4, -0.2) is 32.1 Å². The van der Waals surface area contributed by atoms with E-state index in [2.05, 4.69) is 19.0 Å². The highest BCUT2D eigenvalue weighted by molar-refractivity contribution is 5.81. The van der Waals surface area contributed by atoms with Gasteiger partial charge in [-0.2, -0.15) is 0 Å². The van der Waals surface area contributed by atoms with Crippen molar-refractivity contribution in [3.8, 4) is 0 Å². The van der Waals surface area contributed by atoms with Crippen LogP contribution >= 0.6 is 0 Å². The summed E-state index contributed by atoms with van der Waals surface area (Å²) in [4.78, 5) is 19.4. The largest absolute Gasteiger partial charge is 0.364 e. The van der Waals surface area contributed by atoms with Crippen molar-refractivity contribution in [3.05, 3.63) is 47.6 Å². The fourth-order valence-electron chi connectivity index (χ4n) is 3.29. The lowest BCUT2D eigenvalue weighted by atomic mass is 10.1. The summed E-state index contributed by atoms with van der Waals surface area (Å²) in [5, 5.41) is 3.98. The minimum absolute atomic E-state index is 0.104. The number of benzene rings is 1. The van der Waals surface area contributed by atoms with E-state index in [1.165, 1.54) is 0 Å². The number of carbonyl (C=O) groups is 1. The summed E-state index contributed by atoms with van der Waals surface area (Å²) in [7, 11) is 0. The number of fused-ring (bicyclic) bond motifs is 2. The average Bonchev–Trinajstić information content (AvgIpc) is 3.19. The molecule has 1 amide bonds. The van der Waals surface area contributed by atoms with E-state index >= 15 is 0 Å². The Morgan fingerprint density at radius 2 is 2.17 bits per heavy atom. The van der Waals surface area contributed by atoms with Gasteiger partial charge in [0.2, 0.25) is 5.91 Å². The highest BCUT2D eigenvalue weighted by Gasteiger charge is 2.25. The third-order valence-electron chi connectivity index (χ3n) is 4.55. The predicted octanol–water partition coefficient (Wildman–Crippen LogP) is 2.73. The quantitative estimate of drug-likeness (QED) is 0.743. The maximum Gasteiger partial charge on any atom is 0.242 e. The van der Waals surface area contributed by atoms with Crippen molar-refractivity contribution in [1.29, 1.82) is 0 Å². The summed E-state index contributed by atoms with van der Waals surface area (Å²) in [6.07, 6.45) is 2.39. The Bertz CT molecular complexity index is 893. The van der Waals surface area contributed by atoms with Crippen molar-refractivity contribution in [2.75, 3.05) is 6.54 Å². The van der Waals surface area contributed by atoms with E-state index in [0.717, 1.165) is 34.5 Å². The predicted molar refractivity (Wildman–Crippen MR) is 89.4 cm³/mol. The van der Waals surface area contributed by atoms with E-state index in [-0.39, 0.29) is 11.8 Å². The van der Waals surface area contributed by atoms with Crippen molar-refractivity contribution in [2.45, 2.75) is 39.3 Å². The van der Waals surface area contributed by atoms with Crippen LogP contribution in [0.3, 0.4) is 0 Å². The van der Waals surface area contributed by atoms with E-state index in [1.54, 1.807) is 6.26 Å². The third-order valence-corrected chi connectivity index (χ3v) is 4.55. The van der Waals surface area contributed by atoms with Crippen molar-refractivity contribution in [1.82, 2.24) is 19.6 Å². The number of hydrogen-bond donors (Lipinski definition) is 0. The van der Waals surface area contributed by atoms with Gasteiger partial charge in [-0.05, 0) is 12.1 Å². The van der Waals surface area contributed by atoms with Crippen molar-refractivity contribution < 1.29 is 9.32 Å². The second-order valence-corrected chi connectivity index (χ2v) is 6.55. The van der Waals surface area contributed by atoms with Crippen LogP contribution in [0, 0.1) is 0 Å². The van der Waals surface area contributed by atoms with Gasteiger partial charge in [-0.3, -0.25) is 4.79 Å². The molecule has 0 fully saturated rings. The van der Waals surface area contributed by atoms with Gasteiger partial charge in [-0.25, -0.2) is 4.98 Å². The van der Waals surface area contributed by atoms with Gasteiger partial charge >= 0.3 is 0 Å².